The number of benzene rings is 1. The van der Waals surface area contributed by atoms with Gasteiger partial charge in [0.25, 0.3) is 0 Å². The summed E-state index contributed by atoms with van der Waals surface area (Å²) < 4.78 is 0. The second kappa shape index (κ2) is 7.85. The molecule has 2 rings (SSSR count). The molecule has 7 heteroatoms. The average Bonchev–Trinajstić information content (AvgIpc) is 2.93. The molecule has 0 aliphatic rings. The maximum absolute atomic E-state index is 12.0. The summed E-state index contributed by atoms with van der Waals surface area (Å²) in [6.45, 7) is 1.47. The lowest BCUT2D eigenvalue weighted by Crippen LogP contribution is -2.54. The molecule has 24 heavy (non-hydrogen) atoms. The minimum atomic E-state index is -0.809. The van der Waals surface area contributed by atoms with Gasteiger partial charge < -0.3 is 10.7 Å². The number of H-pyrrole nitrogens is 1. The Morgan fingerprint density at radius 2 is 1.96 bits per heavy atom. The number of fused-ring (bicyclic) bond motifs is 1. The van der Waals surface area contributed by atoms with Gasteiger partial charge in [-0.25, -0.2) is 0 Å². The third kappa shape index (κ3) is 4.27. The second-order valence-electron chi connectivity index (χ2n) is 5.72. The van der Waals surface area contributed by atoms with Crippen molar-refractivity contribution in [3.05, 3.63) is 36.0 Å². The Morgan fingerprint density at radius 1 is 1.25 bits per heavy atom. The van der Waals surface area contributed by atoms with E-state index in [0.717, 1.165) is 16.5 Å². The number of para-hydroxylation sites is 1. The summed E-state index contributed by atoms with van der Waals surface area (Å²) in [6, 6.07) is 7.25. The molecule has 128 valence electrons. The van der Waals surface area contributed by atoms with E-state index in [-0.39, 0.29) is 12.2 Å². The largest absolute Gasteiger partial charge is 0.369 e. The number of nitrogens with one attached hydrogen (secondary N) is 3. The summed E-state index contributed by atoms with van der Waals surface area (Å²) in [7, 11) is 1.58. The Kier molecular flexibility index (Phi) is 5.83. The number of Topliss-reactive ketones (excluding diaryl/α,β-unsaturated/α-hetero) is 2. The number of primary amides is 1. The molecular formula is C17H22N4O3. The van der Waals surface area contributed by atoms with Gasteiger partial charge in [-0.2, -0.15) is 0 Å². The Bertz CT molecular complexity index is 753. The van der Waals surface area contributed by atoms with Crippen LogP contribution in [0.5, 0.6) is 0 Å². The number of ketones is 2. The minimum absolute atomic E-state index is 0.0904. The molecule has 0 spiro atoms. The summed E-state index contributed by atoms with van der Waals surface area (Å²) in [6.07, 6.45) is 1.11. The first-order valence-electron chi connectivity index (χ1n) is 7.72. The summed E-state index contributed by atoms with van der Waals surface area (Å²) >= 11 is 0. The van der Waals surface area contributed by atoms with Gasteiger partial charge in [-0.15, -0.1) is 0 Å². The molecule has 1 aromatic carbocycles. The summed E-state index contributed by atoms with van der Waals surface area (Å²) in [5, 5.41) is 6.80. The first kappa shape index (κ1) is 17.8. The molecule has 0 saturated heterocycles. The Hall–Kier alpha value is -2.51. The van der Waals surface area contributed by atoms with Crippen molar-refractivity contribution in [2.45, 2.75) is 32.0 Å². The van der Waals surface area contributed by atoms with Crippen molar-refractivity contribution in [2.75, 3.05) is 7.05 Å². The van der Waals surface area contributed by atoms with E-state index in [9.17, 15) is 14.4 Å². The molecule has 0 fully saturated rings. The van der Waals surface area contributed by atoms with Crippen LogP contribution in [0.3, 0.4) is 0 Å². The fraction of sp³-hybridized carbons (Fsp3) is 0.353. The van der Waals surface area contributed by atoms with Gasteiger partial charge in [0.2, 0.25) is 5.91 Å². The predicted octanol–water partition coefficient (Wildman–Crippen LogP) is 0.248. The van der Waals surface area contributed by atoms with Crippen molar-refractivity contribution in [3.63, 3.8) is 0 Å². The van der Waals surface area contributed by atoms with Crippen molar-refractivity contribution in [1.29, 1.82) is 0 Å². The molecule has 1 heterocycles. The minimum Gasteiger partial charge on any atom is -0.369 e. The lowest BCUT2D eigenvalue weighted by Gasteiger charge is -2.22. The van der Waals surface area contributed by atoms with Crippen LogP contribution < -0.4 is 16.4 Å². The van der Waals surface area contributed by atoms with E-state index >= 15 is 0 Å². The Morgan fingerprint density at radius 3 is 2.58 bits per heavy atom. The summed E-state index contributed by atoms with van der Waals surface area (Å²) in [5.41, 5.74) is 7.03. The van der Waals surface area contributed by atoms with Gasteiger partial charge in [0.15, 0.2) is 5.78 Å². The highest BCUT2D eigenvalue weighted by Gasteiger charge is 2.25. The van der Waals surface area contributed by atoms with Gasteiger partial charge in [0.1, 0.15) is 11.9 Å². The van der Waals surface area contributed by atoms with Crippen molar-refractivity contribution in [3.8, 4) is 0 Å². The predicted molar refractivity (Wildman–Crippen MR) is 91.3 cm³/mol. The average molecular weight is 330 g/mol. The van der Waals surface area contributed by atoms with E-state index in [2.05, 4.69) is 15.6 Å². The highest BCUT2D eigenvalue weighted by atomic mass is 16.2. The molecule has 0 aliphatic heterocycles. The van der Waals surface area contributed by atoms with Crippen LogP contribution >= 0.6 is 0 Å². The van der Waals surface area contributed by atoms with Gasteiger partial charge >= 0.3 is 0 Å². The number of likely N-dealkylation sites (N-methyl/N-ethyl adjacent to an activating group) is 1. The lowest BCUT2D eigenvalue weighted by atomic mass is 10.0. The zero-order chi connectivity index (χ0) is 17.7. The molecule has 2 atom stereocenters. The monoisotopic (exact) mass is 330 g/mol. The highest BCUT2D eigenvalue weighted by Crippen LogP contribution is 2.19. The van der Waals surface area contributed by atoms with Crippen LogP contribution in [0, 0.1) is 0 Å². The molecular weight excluding hydrogens is 308 g/mol. The van der Waals surface area contributed by atoms with Gasteiger partial charge in [0.05, 0.1) is 12.5 Å². The fourth-order valence-corrected chi connectivity index (χ4v) is 2.65. The molecule has 0 radical (unpaired) electrons. The summed E-state index contributed by atoms with van der Waals surface area (Å²) in [4.78, 5) is 38.1. The second-order valence-corrected chi connectivity index (χ2v) is 5.72. The first-order chi connectivity index (χ1) is 11.4. The van der Waals surface area contributed by atoms with E-state index in [1.165, 1.54) is 6.92 Å². The zero-order valence-electron chi connectivity index (χ0n) is 13.8. The van der Waals surface area contributed by atoms with E-state index in [1.807, 2.05) is 30.5 Å². The maximum atomic E-state index is 12.0. The van der Waals surface area contributed by atoms with E-state index in [0.29, 0.717) is 6.42 Å². The van der Waals surface area contributed by atoms with Crippen LogP contribution in [0.4, 0.5) is 0 Å². The van der Waals surface area contributed by atoms with Crippen molar-refractivity contribution < 1.29 is 14.4 Å². The zero-order valence-corrected chi connectivity index (χ0v) is 13.8. The SMILES string of the molecule is CNC(NC(Cc1c[nH]c2ccccc12)C(C)=O)C(=O)CC(N)=O. The molecule has 5 N–H and O–H groups in total. The van der Waals surface area contributed by atoms with Gasteiger partial charge in [0, 0.05) is 17.1 Å². The first-order valence-corrected chi connectivity index (χ1v) is 7.72. The molecule has 0 bridgehead atoms. The van der Waals surface area contributed by atoms with E-state index < -0.39 is 23.9 Å². The number of hydrogen-bond acceptors (Lipinski definition) is 5. The van der Waals surface area contributed by atoms with Crippen molar-refractivity contribution >= 4 is 28.4 Å². The third-order valence-corrected chi connectivity index (χ3v) is 3.92. The Balaban J connectivity index is 2.15. The normalized spacial score (nSPS) is 13.6. The molecule has 0 saturated carbocycles. The molecule has 1 aromatic heterocycles. The number of aromatic nitrogens is 1. The Labute approximate surface area is 140 Å². The molecule has 2 aromatic rings. The van der Waals surface area contributed by atoms with E-state index in [1.54, 1.807) is 7.05 Å². The molecule has 0 aliphatic carbocycles. The fourth-order valence-electron chi connectivity index (χ4n) is 2.65. The van der Waals surface area contributed by atoms with Crippen molar-refractivity contribution in [1.82, 2.24) is 15.6 Å². The van der Waals surface area contributed by atoms with Gasteiger partial charge in [-0.3, -0.25) is 25.0 Å². The van der Waals surface area contributed by atoms with Crippen LogP contribution in [-0.4, -0.2) is 41.7 Å². The number of rotatable bonds is 9. The quantitative estimate of drug-likeness (QED) is 0.388. The number of aromatic amines is 1. The van der Waals surface area contributed by atoms with Gasteiger partial charge in [-0.05, 0) is 32.0 Å². The molecule has 2 unspecified atom stereocenters. The van der Waals surface area contributed by atoms with Crippen LogP contribution in [0.15, 0.2) is 30.5 Å². The van der Waals surface area contributed by atoms with Crippen LogP contribution in [0.2, 0.25) is 0 Å². The van der Waals surface area contributed by atoms with Crippen LogP contribution in [0.25, 0.3) is 10.9 Å². The molecule has 7 nitrogen and oxygen atoms in total. The number of nitrogens with two attached hydrogens (primary N) is 1. The highest BCUT2D eigenvalue weighted by molar-refractivity contribution is 6.00. The lowest BCUT2D eigenvalue weighted by molar-refractivity contribution is -0.128. The number of carbonyl (C=O) groups excluding carboxylic acids is 3. The van der Waals surface area contributed by atoms with E-state index in [4.69, 9.17) is 5.73 Å². The molecule has 1 amide bonds. The maximum Gasteiger partial charge on any atom is 0.224 e. The smallest absolute Gasteiger partial charge is 0.224 e. The van der Waals surface area contributed by atoms with Crippen LogP contribution in [-0.2, 0) is 20.8 Å². The number of amides is 1. The van der Waals surface area contributed by atoms with Crippen LogP contribution in [0.1, 0.15) is 18.9 Å². The standard InChI is InChI=1S/C17H22N4O3/c1-10(22)14(21-17(19-2)15(23)8-16(18)24)7-11-9-20-13-6-4-3-5-12(11)13/h3-6,9,14,17,19-21H,7-8H2,1-2H3,(H2,18,24). The van der Waals surface area contributed by atoms with Crippen molar-refractivity contribution in [2.24, 2.45) is 5.73 Å². The number of hydrogen-bond donors (Lipinski definition) is 4. The summed E-state index contributed by atoms with van der Waals surface area (Å²) in [5.74, 6) is -1.18. The third-order valence-electron chi connectivity index (χ3n) is 3.92. The number of carbonyl (C=O) groups is 3. The van der Waals surface area contributed by atoms with Gasteiger partial charge in [-0.1, -0.05) is 18.2 Å². The topological polar surface area (TPSA) is 117 Å².